The van der Waals surface area contributed by atoms with E-state index in [-0.39, 0.29) is 24.5 Å². The van der Waals surface area contributed by atoms with Crippen LogP contribution in [0.2, 0.25) is 10.0 Å². The number of rotatable bonds is 6. The molecule has 2 aromatic rings. The number of benzene rings is 2. The van der Waals surface area contributed by atoms with Crippen molar-refractivity contribution in [3.05, 3.63) is 57.6 Å². The van der Waals surface area contributed by atoms with Gasteiger partial charge in [0.25, 0.3) is 0 Å². The highest BCUT2D eigenvalue weighted by molar-refractivity contribution is 6.42. The monoisotopic (exact) mass is 365 g/mol. The number of hydrogen-bond acceptors (Lipinski definition) is 3. The molecule has 24 heavy (non-hydrogen) atoms. The van der Waals surface area contributed by atoms with Gasteiger partial charge in [-0.3, -0.25) is 9.59 Å². The molecule has 126 valence electrons. The molecular formula is C18H17Cl2NO3. The van der Waals surface area contributed by atoms with Crippen LogP contribution in [-0.2, 0) is 4.79 Å². The lowest BCUT2D eigenvalue weighted by atomic mass is 10.0. The maximum atomic E-state index is 12.3. The van der Waals surface area contributed by atoms with Crippen molar-refractivity contribution < 1.29 is 14.3 Å². The molecule has 0 radical (unpaired) electrons. The lowest BCUT2D eigenvalue weighted by Crippen LogP contribution is -2.14. The fraction of sp³-hybridized carbons (Fsp3) is 0.222. The number of carbonyl (C=O) groups is 2. The van der Waals surface area contributed by atoms with Crippen LogP contribution >= 0.6 is 23.2 Å². The molecule has 0 bridgehead atoms. The van der Waals surface area contributed by atoms with Crippen molar-refractivity contribution in [1.29, 1.82) is 0 Å². The number of ether oxygens (including phenoxy) is 1. The molecule has 0 saturated carbocycles. The number of nitrogens with one attached hydrogen (secondary N) is 1. The minimum Gasteiger partial charge on any atom is -0.496 e. The molecule has 6 heteroatoms. The van der Waals surface area contributed by atoms with E-state index in [4.69, 9.17) is 27.9 Å². The van der Waals surface area contributed by atoms with Gasteiger partial charge in [0.1, 0.15) is 5.75 Å². The Hall–Kier alpha value is -2.04. The van der Waals surface area contributed by atoms with E-state index in [0.29, 0.717) is 27.0 Å². The summed E-state index contributed by atoms with van der Waals surface area (Å²) in [4.78, 5) is 24.3. The Labute approximate surface area is 150 Å². The number of hydrogen-bond donors (Lipinski definition) is 1. The summed E-state index contributed by atoms with van der Waals surface area (Å²) in [6.07, 6.45) is 0.156. The summed E-state index contributed by atoms with van der Waals surface area (Å²) in [6, 6.07) is 10.2. The molecule has 4 nitrogen and oxygen atoms in total. The second-order valence-corrected chi connectivity index (χ2v) is 6.12. The minimum atomic E-state index is -0.270. The molecule has 1 N–H and O–H groups in total. The number of amides is 1. The van der Waals surface area contributed by atoms with E-state index in [1.165, 1.54) is 7.11 Å². The molecule has 0 aliphatic carbocycles. The van der Waals surface area contributed by atoms with Crippen molar-refractivity contribution in [2.75, 3.05) is 12.4 Å². The van der Waals surface area contributed by atoms with Gasteiger partial charge in [-0.15, -0.1) is 0 Å². The normalized spacial score (nSPS) is 10.3. The van der Waals surface area contributed by atoms with Crippen LogP contribution in [0.1, 0.15) is 28.8 Å². The smallest absolute Gasteiger partial charge is 0.224 e. The Bertz CT molecular complexity index is 775. The maximum Gasteiger partial charge on any atom is 0.224 e. The van der Waals surface area contributed by atoms with Crippen LogP contribution in [0, 0.1) is 6.92 Å². The van der Waals surface area contributed by atoms with Gasteiger partial charge in [0, 0.05) is 18.5 Å². The SMILES string of the molecule is COc1ccc(C)cc1C(=O)CCC(=O)Nc1ccc(Cl)c(Cl)c1. The summed E-state index contributed by atoms with van der Waals surface area (Å²) in [5.74, 6) is 0.101. The van der Waals surface area contributed by atoms with Gasteiger partial charge >= 0.3 is 0 Å². The molecule has 0 aliphatic rings. The van der Waals surface area contributed by atoms with Gasteiger partial charge in [-0.05, 0) is 37.3 Å². The molecule has 0 fully saturated rings. The van der Waals surface area contributed by atoms with Crippen molar-refractivity contribution in [3.63, 3.8) is 0 Å². The molecule has 0 unspecified atom stereocenters. The Kier molecular flexibility index (Phi) is 6.23. The lowest BCUT2D eigenvalue weighted by Gasteiger charge is -2.09. The highest BCUT2D eigenvalue weighted by Gasteiger charge is 2.14. The maximum absolute atomic E-state index is 12.3. The van der Waals surface area contributed by atoms with E-state index in [0.717, 1.165) is 5.56 Å². The van der Waals surface area contributed by atoms with Crippen molar-refractivity contribution in [2.24, 2.45) is 0 Å². The van der Waals surface area contributed by atoms with Crippen LogP contribution in [-0.4, -0.2) is 18.8 Å². The third-order valence-corrected chi connectivity index (χ3v) is 4.18. The standard InChI is InChI=1S/C18H17Cl2NO3/c1-11-3-7-17(24-2)13(9-11)16(22)6-8-18(23)21-12-4-5-14(19)15(20)10-12/h3-5,7,9-10H,6,8H2,1-2H3,(H,21,23). The number of aryl methyl sites for hydroxylation is 1. The number of anilines is 1. The van der Waals surface area contributed by atoms with Crippen LogP contribution < -0.4 is 10.1 Å². The zero-order valence-electron chi connectivity index (χ0n) is 13.4. The van der Waals surface area contributed by atoms with Crippen LogP contribution in [0.5, 0.6) is 5.75 Å². The molecule has 1 amide bonds. The van der Waals surface area contributed by atoms with E-state index in [2.05, 4.69) is 5.32 Å². The predicted molar refractivity (Wildman–Crippen MR) is 96.4 cm³/mol. The molecule has 0 saturated heterocycles. The van der Waals surface area contributed by atoms with Gasteiger partial charge in [0.2, 0.25) is 5.91 Å². The van der Waals surface area contributed by atoms with E-state index >= 15 is 0 Å². The molecule has 2 aromatic carbocycles. The Morgan fingerprint density at radius 2 is 1.79 bits per heavy atom. The molecule has 0 aliphatic heterocycles. The molecule has 0 spiro atoms. The summed E-state index contributed by atoms with van der Waals surface area (Å²) in [5, 5.41) is 3.46. The van der Waals surface area contributed by atoms with Crippen LogP contribution in [0.15, 0.2) is 36.4 Å². The minimum absolute atomic E-state index is 0.0656. The summed E-state index contributed by atoms with van der Waals surface area (Å²) in [7, 11) is 1.51. The van der Waals surface area contributed by atoms with Crippen molar-refractivity contribution in [2.45, 2.75) is 19.8 Å². The zero-order valence-corrected chi connectivity index (χ0v) is 14.9. The number of carbonyl (C=O) groups excluding carboxylic acids is 2. The fourth-order valence-electron chi connectivity index (χ4n) is 2.20. The molecule has 0 aromatic heterocycles. The predicted octanol–water partition coefficient (Wildman–Crippen LogP) is 4.91. The highest BCUT2D eigenvalue weighted by atomic mass is 35.5. The van der Waals surface area contributed by atoms with Gasteiger partial charge in [-0.2, -0.15) is 0 Å². The van der Waals surface area contributed by atoms with Gasteiger partial charge in [0.15, 0.2) is 5.78 Å². The average Bonchev–Trinajstić information content (AvgIpc) is 2.56. The molecule has 0 atom stereocenters. The van der Waals surface area contributed by atoms with Crippen molar-refractivity contribution in [1.82, 2.24) is 0 Å². The van der Waals surface area contributed by atoms with Gasteiger partial charge in [0.05, 0.1) is 22.7 Å². The first kappa shape index (κ1) is 18.3. The summed E-state index contributed by atoms with van der Waals surface area (Å²) in [6.45, 7) is 1.90. The number of methoxy groups -OCH3 is 1. The fourth-order valence-corrected chi connectivity index (χ4v) is 2.50. The molecule has 2 rings (SSSR count). The summed E-state index contributed by atoms with van der Waals surface area (Å²) < 4.78 is 5.20. The van der Waals surface area contributed by atoms with Gasteiger partial charge in [-0.1, -0.05) is 34.8 Å². The summed E-state index contributed by atoms with van der Waals surface area (Å²) in [5.41, 5.74) is 1.98. The second kappa shape index (κ2) is 8.18. The third kappa shape index (κ3) is 4.73. The van der Waals surface area contributed by atoms with Gasteiger partial charge < -0.3 is 10.1 Å². The van der Waals surface area contributed by atoms with Gasteiger partial charge in [-0.25, -0.2) is 0 Å². The summed E-state index contributed by atoms with van der Waals surface area (Å²) >= 11 is 11.7. The number of Topliss-reactive ketones (excluding diaryl/α,β-unsaturated/α-hetero) is 1. The topological polar surface area (TPSA) is 55.4 Å². The average molecular weight is 366 g/mol. The van der Waals surface area contributed by atoms with E-state index in [1.54, 1.807) is 30.3 Å². The largest absolute Gasteiger partial charge is 0.496 e. The Morgan fingerprint density at radius 3 is 2.46 bits per heavy atom. The first-order valence-corrected chi connectivity index (χ1v) is 8.09. The van der Waals surface area contributed by atoms with Crippen LogP contribution in [0.3, 0.4) is 0 Å². The third-order valence-electron chi connectivity index (χ3n) is 3.44. The van der Waals surface area contributed by atoms with Crippen molar-refractivity contribution in [3.8, 4) is 5.75 Å². The van der Waals surface area contributed by atoms with Crippen molar-refractivity contribution >= 4 is 40.6 Å². The van der Waals surface area contributed by atoms with Crippen LogP contribution in [0.4, 0.5) is 5.69 Å². The van der Waals surface area contributed by atoms with E-state index in [9.17, 15) is 9.59 Å². The zero-order chi connectivity index (χ0) is 17.7. The van der Waals surface area contributed by atoms with E-state index in [1.807, 2.05) is 13.0 Å². The Balaban J connectivity index is 1.97. The first-order chi connectivity index (χ1) is 11.4. The first-order valence-electron chi connectivity index (χ1n) is 7.33. The van der Waals surface area contributed by atoms with E-state index < -0.39 is 0 Å². The Morgan fingerprint density at radius 1 is 1.04 bits per heavy atom. The quantitative estimate of drug-likeness (QED) is 0.739. The lowest BCUT2D eigenvalue weighted by molar-refractivity contribution is -0.116. The number of halogens is 2. The number of ketones is 1. The highest BCUT2D eigenvalue weighted by Crippen LogP contribution is 2.25. The second-order valence-electron chi connectivity index (χ2n) is 5.30. The van der Waals surface area contributed by atoms with Crippen LogP contribution in [0.25, 0.3) is 0 Å². The molecular weight excluding hydrogens is 349 g/mol. The molecule has 0 heterocycles.